The molecule has 3 rings (SSSR count). The molecule has 0 saturated heterocycles. The molecule has 0 unspecified atom stereocenters. The van der Waals surface area contributed by atoms with Crippen LogP contribution in [0.15, 0.2) is 66.9 Å². The summed E-state index contributed by atoms with van der Waals surface area (Å²) in [6, 6.07) is 18.7. The zero-order chi connectivity index (χ0) is 17.8. The Balaban J connectivity index is 2.03. The Kier molecular flexibility index (Phi) is 4.61. The van der Waals surface area contributed by atoms with Crippen LogP contribution in [-0.4, -0.2) is 26.8 Å². The summed E-state index contributed by atoms with van der Waals surface area (Å²) in [6.45, 7) is 0.331. The molecule has 1 amide bonds. The molecule has 1 aromatic heterocycles. The molecule has 0 aliphatic heterocycles. The maximum absolute atomic E-state index is 13.1. The molecule has 126 valence electrons. The average Bonchev–Trinajstić information content (AvgIpc) is 3.02. The monoisotopic (exact) mass is 335 g/mol. The lowest BCUT2D eigenvalue weighted by Gasteiger charge is -2.23. The Morgan fingerprint density at radius 2 is 1.64 bits per heavy atom. The van der Waals surface area contributed by atoms with E-state index in [-0.39, 0.29) is 11.3 Å². The van der Waals surface area contributed by atoms with Crippen LogP contribution in [0.1, 0.15) is 26.4 Å². The van der Waals surface area contributed by atoms with Crippen LogP contribution in [0.25, 0.3) is 0 Å². The van der Waals surface area contributed by atoms with Crippen LogP contribution >= 0.6 is 0 Å². The van der Waals surface area contributed by atoms with Crippen LogP contribution in [0.5, 0.6) is 0 Å². The topological polar surface area (TPSA) is 75.4 Å². The molecule has 0 bridgehead atoms. The van der Waals surface area contributed by atoms with E-state index in [1.807, 2.05) is 60.7 Å². The van der Waals surface area contributed by atoms with E-state index in [0.29, 0.717) is 12.2 Å². The third kappa shape index (κ3) is 3.42. The fourth-order valence-electron chi connectivity index (χ4n) is 2.65. The predicted octanol–water partition coefficient (Wildman–Crippen LogP) is 2.97. The van der Waals surface area contributed by atoms with Crippen molar-refractivity contribution >= 4 is 17.6 Å². The summed E-state index contributed by atoms with van der Waals surface area (Å²) >= 11 is 0. The molecule has 6 heteroatoms. The highest BCUT2D eigenvalue weighted by atomic mass is 16.4. The van der Waals surface area contributed by atoms with Crippen molar-refractivity contribution in [1.29, 1.82) is 0 Å². The molecular formula is C19H17N3O3. The molecule has 0 radical (unpaired) electrons. The number of carbonyl (C=O) groups excluding carboxylic acids is 1. The van der Waals surface area contributed by atoms with Crippen LogP contribution in [0, 0.1) is 0 Å². The molecule has 0 aliphatic carbocycles. The fourth-order valence-corrected chi connectivity index (χ4v) is 2.65. The first kappa shape index (κ1) is 16.4. The van der Waals surface area contributed by atoms with Crippen LogP contribution < -0.4 is 4.90 Å². The highest BCUT2D eigenvalue weighted by molar-refractivity contribution is 6.11. The van der Waals surface area contributed by atoms with Crippen molar-refractivity contribution in [1.82, 2.24) is 9.78 Å². The second-order valence-corrected chi connectivity index (χ2v) is 5.55. The highest BCUT2D eigenvalue weighted by Crippen LogP contribution is 2.21. The minimum absolute atomic E-state index is 0.0646. The number of amides is 1. The molecule has 0 spiro atoms. The number of aromatic nitrogens is 2. The molecule has 0 atom stereocenters. The largest absolute Gasteiger partial charge is 0.477 e. The Labute approximate surface area is 144 Å². The second-order valence-electron chi connectivity index (χ2n) is 5.55. The van der Waals surface area contributed by atoms with Crippen molar-refractivity contribution in [2.75, 3.05) is 4.90 Å². The third-order valence-corrected chi connectivity index (χ3v) is 3.87. The lowest BCUT2D eigenvalue weighted by Crippen LogP contribution is -2.31. The summed E-state index contributed by atoms with van der Waals surface area (Å²) in [7, 11) is 1.50. The number of benzene rings is 2. The van der Waals surface area contributed by atoms with Crippen molar-refractivity contribution in [3.8, 4) is 0 Å². The van der Waals surface area contributed by atoms with Crippen molar-refractivity contribution < 1.29 is 14.7 Å². The van der Waals surface area contributed by atoms with E-state index >= 15 is 0 Å². The lowest BCUT2D eigenvalue weighted by atomic mass is 10.1. The number of aryl methyl sites for hydroxylation is 1. The predicted molar refractivity (Wildman–Crippen MR) is 93.6 cm³/mol. The van der Waals surface area contributed by atoms with Crippen LogP contribution in [-0.2, 0) is 13.6 Å². The standard InChI is InChI=1S/C19H17N3O3/c1-21-17(19(24)25)16(12-20-21)18(23)22(15-10-6-3-7-11-15)13-14-8-4-2-5-9-14/h2-12H,13H2,1H3,(H,24,25). The number of hydrogen-bond acceptors (Lipinski definition) is 3. The van der Waals surface area contributed by atoms with Crippen molar-refractivity contribution in [3.63, 3.8) is 0 Å². The normalized spacial score (nSPS) is 10.4. The van der Waals surface area contributed by atoms with E-state index in [1.54, 1.807) is 4.90 Å². The van der Waals surface area contributed by atoms with E-state index < -0.39 is 11.9 Å². The molecule has 1 heterocycles. The molecule has 25 heavy (non-hydrogen) atoms. The summed E-state index contributed by atoms with van der Waals surface area (Å²) in [5.74, 6) is -1.59. The summed E-state index contributed by atoms with van der Waals surface area (Å²) < 4.78 is 1.20. The Hall–Kier alpha value is -3.41. The van der Waals surface area contributed by atoms with Gasteiger partial charge < -0.3 is 10.0 Å². The SMILES string of the molecule is Cn1ncc(C(=O)N(Cc2ccccc2)c2ccccc2)c1C(=O)O. The Bertz CT molecular complexity index is 889. The molecule has 0 fully saturated rings. The average molecular weight is 335 g/mol. The number of hydrogen-bond donors (Lipinski definition) is 1. The van der Waals surface area contributed by atoms with Gasteiger partial charge in [-0.3, -0.25) is 9.48 Å². The highest BCUT2D eigenvalue weighted by Gasteiger charge is 2.26. The quantitative estimate of drug-likeness (QED) is 0.778. The molecule has 1 N–H and O–H groups in total. The summed E-state index contributed by atoms with van der Waals surface area (Å²) in [5.41, 5.74) is 1.57. The number of carboxylic acids is 1. The number of carbonyl (C=O) groups is 2. The van der Waals surface area contributed by atoms with Gasteiger partial charge in [-0.05, 0) is 17.7 Å². The summed E-state index contributed by atoms with van der Waals surface area (Å²) in [4.78, 5) is 26.1. The molecular weight excluding hydrogens is 318 g/mol. The van der Waals surface area contributed by atoms with Crippen LogP contribution in [0.3, 0.4) is 0 Å². The minimum Gasteiger partial charge on any atom is -0.477 e. The molecule has 0 aliphatic rings. The number of anilines is 1. The Morgan fingerprint density at radius 3 is 2.24 bits per heavy atom. The van der Waals surface area contributed by atoms with Gasteiger partial charge in [0, 0.05) is 12.7 Å². The summed E-state index contributed by atoms with van der Waals surface area (Å²) in [6.07, 6.45) is 1.30. The van der Waals surface area contributed by atoms with E-state index in [0.717, 1.165) is 5.56 Å². The first-order valence-corrected chi connectivity index (χ1v) is 7.74. The first-order valence-electron chi connectivity index (χ1n) is 7.74. The zero-order valence-corrected chi connectivity index (χ0v) is 13.7. The van der Waals surface area contributed by atoms with Gasteiger partial charge in [0.15, 0.2) is 5.69 Å². The molecule has 2 aromatic carbocycles. The number of aromatic carboxylic acids is 1. The van der Waals surface area contributed by atoms with E-state index in [2.05, 4.69) is 5.10 Å². The fraction of sp³-hybridized carbons (Fsp3) is 0.105. The van der Waals surface area contributed by atoms with Gasteiger partial charge in [-0.2, -0.15) is 5.10 Å². The third-order valence-electron chi connectivity index (χ3n) is 3.87. The van der Waals surface area contributed by atoms with Crippen molar-refractivity contribution in [2.45, 2.75) is 6.54 Å². The summed E-state index contributed by atoms with van der Waals surface area (Å²) in [5, 5.41) is 13.3. The van der Waals surface area contributed by atoms with Gasteiger partial charge in [0.05, 0.1) is 18.3 Å². The van der Waals surface area contributed by atoms with Gasteiger partial charge in [-0.25, -0.2) is 4.79 Å². The second kappa shape index (κ2) is 7.00. The smallest absolute Gasteiger partial charge is 0.354 e. The number of rotatable bonds is 5. The lowest BCUT2D eigenvalue weighted by molar-refractivity contribution is 0.0680. The number of nitrogens with zero attached hydrogens (tertiary/aromatic N) is 3. The number of para-hydroxylation sites is 1. The van der Waals surface area contributed by atoms with Crippen LogP contribution in [0.4, 0.5) is 5.69 Å². The zero-order valence-electron chi connectivity index (χ0n) is 13.7. The van der Waals surface area contributed by atoms with Gasteiger partial charge >= 0.3 is 5.97 Å². The minimum atomic E-state index is -1.18. The molecule has 6 nitrogen and oxygen atoms in total. The maximum Gasteiger partial charge on any atom is 0.354 e. The van der Waals surface area contributed by atoms with Crippen molar-refractivity contribution in [2.24, 2.45) is 7.05 Å². The van der Waals surface area contributed by atoms with Gasteiger partial charge in [-0.1, -0.05) is 48.5 Å². The van der Waals surface area contributed by atoms with E-state index in [9.17, 15) is 14.7 Å². The Morgan fingerprint density at radius 1 is 1.04 bits per heavy atom. The van der Waals surface area contributed by atoms with E-state index in [1.165, 1.54) is 17.9 Å². The first-order chi connectivity index (χ1) is 12.1. The van der Waals surface area contributed by atoms with Gasteiger partial charge in [-0.15, -0.1) is 0 Å². The van der Waals surface area contributed by atoms with Crippen molar-refractivity contribution in [3.05, 3.63) is 83.7 Å². The van der Waals surface area contributed by atoms with E-state index in [4.69, 9.17) is 0 Å². The maximum atomic E-state index is 13.1. The van der Waals surface area contributed by atoms with Gasteiger partial charge in [0.1, 0.15) is 0 Å². The molecule has 0 saturated carbocycles. The number of carboxylic acid groups (broad SMARTS) is 1. The van der Waals surface area contributed by atoms with Gasteiger partial charge in [0.25, 0.3) is 5.91 Å². The van der Waals surface area contributed by atoms with Gasteiger partial charge in [0.2, 0.25) is 0 Å². The molecule has 3 aromatic rings. The van der Waals surface area contributed by atoms with Crippen LogP contribution in [0.2, 0.25) is 0 Å².